The molecule has 1 saturated heterocycles. The predicted molar refractivity (Wildman–Crippen MR) is 85.0 cm³/mol. The number of amides is 2. The van der Waals surface area contributed by atoms with Gasteiger partial charge in [-0.3, -0.25) is 4.68 Å². The molecule has 3 rings (SSSR count). The summed E-state index contributed by atoms with van der Waals surface area (Å²) in [4.78, 5) is 16.5. The van der Waals surface area contributed by atoms with Crippen molar-refractivity contribution in [2.24, 2.45) is 7.05 Å². The van der Waals surface area contributed by atoms with Gasteiger partial charge >= 0.3 is 6.03 Å². The van der Waals surface area contributed by atoms with E-state index in [-0.39, 0.29) is 18.2 Å². The normalized spacial score (nSPS) is 20.6. The average molecular weight is 318 g/mol. The third-order valence-electron chi connectivity index (χ3n) is 3.86. The van der Waals surface area contributed by atoms with Crippen molar-refractivity contribution in [3.05, 3.63) is 30.6 Å². The van der Waals surface area contributed by atoms with Crippen LogP contribution >= 0.6 is 0 Å². The molecular formula is C15H22N6O2. The highest BCUT2D eigenvalue weighted by Crippen LogP contribution is 2.27. The van der Waals surface area contributed by atoms with Gasteiger partial charge in [0, 0.05) is 38.8 Å². The number of urea groups is 1. The molecule has 2 amide bonds. The molecule has 2 atom stereocenters. The smallest absolute Gasteiger partial charge is 0.319 e. The standard InChI is InChI=1S/C15H22N6O2/c1-3-6-21-10-11(9-17-21)18-15(22)19-12-4-8-23-13(12)14-16-5-7-20(14)2/h5,7,9-10,12-13H,3-4,6,8H2,1-2H3,(H2,18,19,22)/t12-,13-/m0/s1. The van der Waals surface area contributed by atoms with Crippen LogP contribution in [0, 0.1) is 0 Å². The number of rotatable bonds is 5. The van der Waals surface area contributed by atoms with Crippen LogP contribution in [0.15, 0.2) is 24.8 Å². The maximum absolute atomic E-state index is 12.2. The third kappa shape index (κ3) is 3.53. The number of anilines is 1. The monoisotopic (exact) mass is 318 g/mol. The van der Waals surface area contributed by atoms with Crippen LogP contribution in [0.4, 0.5) is 10.5 Å². The fourth-order valence-electron chi connectivity index (χ4n) is 2.76. The summed E-state index contributed by atoms with van der Waals surface area (Å²) in [5.41, 5.74) is 0.684. The fraction of sp³-hybridized carbons (Fsp3) is 0.533. The van der Waals surface area contributed by atoms with Crippen molar-refractivity contribution < 1.29 is 9.53 Å². The van der Waals surface area contributed by atoms with Gasteiger partial charge in [0.2, 0.25) is 0 Å². The van der Waals surface area contributed by atoms with Gasteiger partial charge in [-0.2, -0.15) is 5.10 Å². The van der Waals surface area contributed by atoms with E-state index in [0.717, 1.165) is 25.2 Å². The summed E-state index contributed by atoms with van der Waals surface area (Å²) >= 11 is 0. The Morgan fingerprint density at radius 3 is 3.13 bits per heavy atom. The van der Waals surface area contributed by atoms with Gasteiger partial charge in [-0.05, 0) is 12.8 Å². The molecule has 0 saturated carbocycles. The molecule has 2 aromatic heterocycles. The van der Waals surface area contributed by atoms with Crippen molar-refractivity contribution in [2.75, 3.05) is 11.9 Å². The molecule has 1 aliphatic rings. The van der Waals surface area contributed by atoms with E-state index in [1.54, 1.807) is 12.4 Å². The van der Waals surface area contributed by atoms with Crippen molar-refractivity contribution >= 4 is 11.7 Å². The van der Waals surface area contributed by atoms with E-state index >= 15 is 0 Å². The summed E-state index contributed by atoms with van der Waals surface area (Å²) < 4.78 is 9.46. The van der Waals surface area contributed by atoms with E-state index in [2.05, 4.69) is 27.6 Å². The first-order chi connectivity index (χ1) is 11.2. The minimum Gasteiger partial charge on any atom is -0.368 e. The van der Waals surface area contributed by atoms with Crippen LogP contribution in [0.1, 0.15) is 31.7 Å². The molecule has 1 fully saturated rings. The summed E-state index contributed by atoms with van der Waals surface area (Å²) in [5.74, 6) is 0.823. The van der Waals surface area contributed by atoms with Gasteiger partial charge in [-0.25, -0.2) is 9.78 Å². The number of ether oxygens (including phenoxy) is 1. The van der Waals surface area contributed by atoms with Gasteiger partial charge in [0.15, 0.2) is 0 Å². The summed E-state index contributed by atoms with van der Waals surface area (Å²) in [6.07, 6.45) is 8.62. The molecule has 23 heavy (non-hydrogen) atoms. The SMILES string of the molecule is CCCn1cc(NC(=O)N[C@H]2CCO[C@@H]2c2nccn2C)cn1. The van der Waals surface area contributed by atoms with E-state index in [4.69, 9.17) is 4.74 Å². The summed E-state index contributed by atoms with van der Waals surface area (Å²) in [6.45, 7) is 3.53. The zero-order chi connectivity index (χ0) is 16.2. The zero-order valence-electron chi connectivity index (χ0n) is 13.4. The number of hydrogen-bond acceptors (Lipinski definition) is 4. The van der Waals surface area contributed by atoms with Crippen LogP contribution in [0.3, 0.4) is 0 Å². The molecule has 0 bridgehead atoms. The molecule has 124 valence electrons. The van der Waals surface area contributed by atoms with Crippen molar-refractivity contribution in [2.45, 2.75) is 38.5 Å². The molecule has 0 radical (unpaired) electrons. The molecule has 8 heteroatoms. The minimum absolute atomic E-state index is 0.0956. The van der Waals surface area contributed by atoms with Crippen molar-refractivity contribution in [1.29, 1.82) is 0 Å². The highest BCUT2D eigenvalue weighted by atomic mass is 16.5. The van der Waals surface area contributed by atoms with Crippen molar-refractivity contribution in [3.63, 3.8) is 0 Å². The molecule has 8 nitrogen and oxygen atoms in total. The number of aromatic nitrogens is 4. The van der Waals surface area contributed by atoms with E-state index in [1.165, 1.54) is 0 Å². The van der Waals surface area contributed by atoms with Crippen LogP contribution in [-0.4, -0.2) is 38.0 Å². The van der Waals surface area contributed by atoms with Crippen LogP contribution in [0.2, 0.25) is 0 Å². The maximum atomic E-state index is 12.2. The first-order valence-corrected chi connectivity index (χ1v) is 7.86. The second kappa shape index (κ2) is 6.82. The molecule has 0 aromatic carbocycles. The lowest BCUT2D eigenvalue weighted by Gasteiger charge is -2.19. The third-order valence-corrected chi connectivity index (χ3v) is 3.86. The van der Waals surface area contributed by atoms with Gasteiger partial charge in [0.1, 0.15) is 11.9 Å². The van der Waals surface area contributed by atoms with E-state index in [9.17, 15) is 4.79 Å². The van der Waals surface area contributed by atoms with E-state index < -0.39 is 0 Å². The number of carbonyl (C=O) groups is 1. The number of hydrogen-bond donors (Lipinski definition) is 2. The highest BCUT2D eigenvalue weighted by molar-refractivity contribution is 5.89. The Kier molecular flexibility index (Phi) is 4.61. The second-order valence-electron chi connectivity index (χ2n) is 5.67. The van der Waals surface area contributed by atoms with Crippen molar-refractivity contribution in [1.82, 2.24) is 24.6 Å². The number of carbonyl (C=O) groups excluding carboxylic acids is 1. The molecule has 0 aliphatic carbocycles. The maximum Gasteiger partial charge on any atom is 0.319 e. The van der Waals surface area contributed by atoms with E-state index in [0.29, 0.717) is 12.3 Å². The quantitative estimate of drug-likeness (QED) is 0.878. The molecule has 2 N–H and O–H groups in total. The summed E-state index contributed by atoms with van der Waals surface area (Å²) in [6, 6.07) is -0.349. The Balaban J connectivity index is 1.59. The Bertz CT molecular complexity index is 664. The van der Waals surface area contributed by atoms with E-state index in [1.807, 2.05) is 28.7 Å². The lowest BCUT2D eigenvalue weighted by Crippen LogP contribution is -2.40. The van der Waals surface area contributed by atoms with Gasteiger partial charge in [0.25, 0.3) is 0 Å². The minimum atomic E-state index is -0.254. The first kappa shape index (κ1) is 15.5. The van der Waals surface area contributed by atoms with Crippen LogP contribution < -0.4 is 10.6 Å². The first-order valence-electron chi connectivity index (χ1n) is 7.86. The average Bonchev–Trinajstić information content (AvgIpc) is 3.22. The lowest BCUT2D eigenvalue weighted by atomic mass is 10.1. The largest absolute Gasteiger partial charge is 0.368 e. The Morgan fingerprint density at radius 2 is 2.39 bits per heavy atom. The Hall–Kier alpha value is -2.35. The number of nitrogens with one attached hydrogen (secondary N) is 2. The lowest BCUT2D eigenvalue weighted by molar-refractivity contribution is 0.0913. The molecule has 1 aliphatic heterocycles. The van der Waals surface area contributed by atoms with Crippen molar-refractivity contribution in [3.8, 4) is 0 Å². The summed E-state index contributed by atoms with van der Waals surface area (Å²) in [5, 5.41) is 9.97. The molecule has 0 unspecified atom stereocenters. The predicted octanol–water partition coefficient (Wildman–Crippen LogP) is 1.68. The number of aryl methyl sites for hydroxylation is 2. The van der Waals surface area contributed by atoms with Crippen LogP contribution in [0.25, 0.3) is 0 Å². The molecular weight excluding hydrogens is 296 g/mol. The fourth-order valence-corrected chi connectivity index (χ4v) is 2.76. The molecule has 2 aromatic rings. The molecule has 3 heterocycles. The van der Waals surface area contributed by atoms with Crippen LogP contribution in [0.5, 0.6) is 0 Å². The van der Waals surface area contributed by atoms with Gasteiger partial charge in [-0.15, -0.1) is 0 Å². The zero-order valence-corrected chi connectivity index (χ0v) is 13.4. The van der Waals surface area contributed by atoms with Gasteiger partial charge < -0.3 is 19.9 Å². The summed E-state index contributed by atoms with van der Waals surface area (Å²) in [7, 11) is 1.92. The number of nitrogens with zero attached hydrogens (tertiary/aromatic N) is 4. The second-order valence-corrected chi connectivity index (χ2v) is 5.67. The number of imidazole rings is 1. The van der Waals surface area contributed by atoms with Crippen LogP contribution in [-0.2, 0) is 18.3 Å². The van der Waals surface area contributed by atoms with Gasteiger partial charge in [0.05, 0.1) is 17.9 Å². The van der Waals surface area contributed by atoms with Gasteiger partial charge in [-0.1, -0.05) is 6.92 Å². The Labute approximate surface area is 134 Å². The molecule has 0 spiro atoms. The Morgan fingerprint density at radius 1 is 1.52 bits per heavy atom. The highest BCUT2D eigenvalue weighted by Gasteiger charge is 2.33. The topological polar surface area (TPSA) is 86.0 Å².